The molecule has 0 aliphatic heterocycles. The van der Waals surface area contributed by atoms with E-state index in [4.69, 9.17) is 20.8 Å². The van der Waals surface area contributed by atoms with Crippen LogP contribution in [0.5, 0.6) is 0 Å². The normalized spacial score (nSPS) is 11.0. The van der Waals surface area contributed by atoms with Crippen molar-refractivity contribution >= 4 is 29.3 Å². The van der Waals surface area contributed by atoms with Gasteiger partial charge in [0.15, 0.2) is 16.7 Å². The van der Waals surface area contributed by atoms with Crippen LogP contribution in [0.25, 0.3) is 0 Å². The number of halogens is 1. The number of rotatable bonds is 10. The molecule has 0 saturated heterocycles. The van der Waals surface area contributed by atoms with E-state index in [0.717, 1.165) is 21.3 Å². The summed E-state index contributed by atoms with van der Waals surface area (Å²) in [6.45, 7) is 1.11. The maximum absolute atomic E-state index is 12.5. The quantitative estimate of drug-likeness (QED) is 0.322. The summed E-state index contributed by atoms with van der Waals surface area (Å²) in [6, 6.07) is 21.1. The van der Waals surface area contributed by atoms with E-state index in [-0.39, 0.29) is 18.2 Å². The van der Waals surface area contributed by atoms with Gasteiger partial charge in [0.25, 0.3) is 5.91 Å². The Morgan fingerprint density at radius 2 is 1.88 bits per heavy atom. The standard InChI is InChI=1S/C24H23ClN4O3S/c1-31-15-19-11-12-21(32-19)23(30)26-13-22-27-28-24(29(22)14-17-7-3-2-4-8-17)33-16-18-9-5-6-10-20(18)25/h2-12H,13-16H2,1H3,(H,26,30). The molecule has 0 unspecified atom stereocenters. The molecule has 1 N–H and O–H groups in total. The Labute approximate surface area is 201 Å². The van der Waals surface area contributed by atoms with Crippen molar-refractivity contribution in [1.82, 2.24) is 20.1 Å². The van der Waals surface area contributed by atoms with Crippen LogP contribution in [0.2, 0.25) is 5.02 Å². The van der Waals surface area contributed by atoms with Crippen LogP contribution in [-0.4, -0.2) is 27.8 Å². The molecule has 0 spiro atoms. The molecule has 7 nitrogen and oxygen atoms in total. The van der Waals surface area contributed by atoms with Crippen molar-refractivity contribution in [3.05, 3.63) is 100 Å². The number of amides is 1. The smallest absolute Gasteiger partial charge is 0.287 e. The van der Waals surface area contributed by atoms with Gasteiger partial charge in [-0.1, -0.05) is 71.9 Å². The van der Waals surface area contributed by atoms with Gasteiger partial charge in [-0.15, -0.1) is 10.2 Å². The van der Waals surface area contributed by atoms with Crippen LogP contribution in [0.15, 0.2) is 76.3 Å². The van der Waals surface area contributed by atoms with E-state index in [2.05, 4.69) is 15.5 Å². The zero-order chi connectivity index (χ0) is 23.0. The third-order valence-corrected chi connectivity index (χ3v) is 6.25. The molecule has 1 amide bonds. The number of thioether (sulfide) groups is 1. The lowest BCUT2D eigenvalue weighted by Crippen LogP contribution is -2.24. The highest BCUT2D eigenvalue weighted by Crippen LogP contribution is 2.26. The Bertz CT molecular complexity index is 1210. The monoisotopic (exact) mass is 482 g/mol. The van der Waals surface area contributed by atoms with E-state index in [9.17, 15) is 4.79 Å². The number of aromatic nitrogens is 3. The molecule has 2 heterocycles. The van der Waals surface area contributed by atoms with Crippen LogP contribution >= 0.6 is 23.4 Å². The van der Waals surface area contributed by atoms with E-state index in [1.165, 1.54) is 0 Å². The third-order valence-electron chi connectivity index (χ3n) is 4.87. The summed E-state index contributed by atoms with van der Waals surface area (Å²) in [5.41, 5.74) is 2.14. The topological polar surface area (TPSA) is 82.2 Å². The fourth-order valence-corrected chi connectivity index (χ4v) is 4.45. The van der Waals surface area contributed by atoms with Gasteiger partial charge in [0, 0.05) is 17.9 Å². The average molecular weight is 483 g/mol. The first-order chi connectivity index (χ1) is 16.1. The van der Waals surface area contributed by atoms with Gasteiger partial charge in [0.2, 0.25) is 0 Å². The van der Waals surface area contributed by atoms with Crippen LogP contribution in [0.4, 0.5) is 0 Å². The second-order valence-corrected chi connectivity index (χ2v) is 8.58. The Balaban J connectivity index is 1.50. The molecule has 0 aliphatic rings. The predicted molar refractivity (Wildman–Crippen MR) is 127 cm³/mol. The second kappa shape index (κ2) is 11.2. The maximum Gasteiger partial charge on any atom is 0.287 e. The molecular formula is C24H23ClN4O3S. The van der Waals surface area contributed by atoms with Gasteiger partial charge in [-0.25, -0.2) is 0 Å². The molecule has 9 heteroatoms. The van der Waals surface area contributed by atoms with Gasteiger partial charge in [-0.2, -0.15) is 0 Å². The maximum atomic E-state index is 12.5. The van der Waals surface area contributed by atoms with Gasteiger partial charge in [-0.3, -0.25) is 4.79 Å². The van der Waals surface area contributed by atoms with Crippen molar-refractivity contribution in [2.45, 2.75) is 30.6 Å². The van der Waals surface area contributed by atoms with Crippen LogP contribution < -0.4 is 5.32 Å². The number of nitrogens with zero attached hydrogens (tertiary/aromatic N) is 3. The summed E-state index contributed by atoms with van der Waals surface area (Å²) < 4.78 is 12.5. The molecule has 0 atom stereocenters. The molecule has 0 saturated carbocycles. The number of nitrogens with one attached hydrogen (secondary N) is 1. The lowest BCUT2D eigenvalue weighted by Gasteiger charge is -2.11. The summed E-state index contributed by atoms with van der Waals surface area (Å²) in [7, 11) is 1.57. The molecule has 0 aliphatic carbocycles. The van der Waals surface area contributed by atoms with E-state index >= 15 is 0 Å². The van der Waals surface area contributed by atoms with Crippen molar-refractivity contribution in [1.29, 1.82) is 0 Å². The molecule has 0 bridgehead atoms. The molecule has 4 aromatic rings. The minimum Gasteiger partial charge on any atom is -0.453 e. The number of carbonyl (C=O) groups excluding carboxylic acids is 1. The SMILES string of the molecule is COCc1ccc(C(=O)NCc2nnc(SCc3ccccc3Cl)n2Cc2ccccc2)o1. The van der Waals surface area contributed by atoms with Gasteiger partial charge in [-0.05, 0) is 29.3 Å². The van der Waals surface area contributed by atoms with E-state index in [1.54, 1.807) is 31.0 Å². The predicted octanol–water partition coefficient (Wildman–Crippen LogP) is 4.94. The number of carbonyl (C=O) groups is 1. The first kappa shape index (κ1) is 23.1. The number of furan rings is 1. The average Bonchev–Trinajstić information content (AvgIpc) is 3.45. The number of ether oxygens (including phenoxy) is 1. The van der Waals surface area contributed by atoms with Crippen LogP contribution in [0.1, 0.15) is 33.3 Å². The van der Waals surface area contributed by atoms with Gasteiger partial charge in [0.1, 0.15) is 12.4 Å². The summed E-state index contributed by atoms with van der Waals surface area (Å²) in [6.07, 6.45) is 0. The molecule has 0 fully saturated rings. The fraction of sp³-hybridized carbons (Fsp3) is 0.208. The van der Waals surface area contributed by atoms with E-state index < -0.39 is 0 Å². The summed E-state index contributed by atoms with van der Waals surface area (Å²) in [4.78, 5) is 12.5. The summed E-state index contributed by atoms with van der Waals surface area (Å²) in [5, 5.41) is 13.1. The van der Waals surface area contributed by atoms with Crippen LogP contribution in [0.3, 0.4) is 0 Å². The highest BCUT2D eigenvalue weighted by atomic mass is 35.5. The largest absolute Gasteiger partial charge is 0.453 e. The van der Waals surface area contributed by atoms with Crippen molar-refractivity contribution < 1.29 is 13.9 Å². The molecule has 170 valence electrons. The first-order valence-corrected chi connectivity index (χ1v) is 11.7. The van der Waals surface area contributed by atoms with E-state index in [1.807, 2.05) is 59.2 Å². The lowest BCUT2D eigenvalue weighted by molar-refractivity contribution is 0.0913. The van der Waals surface area contributed by atoms with Gasteiger partial charge < -0.3 is 19.0 Å². The van der Waals surface area contributed by atoms with Crippen molar-refractivity contribution in [3.63, 3.8) is 0 Å². The summed E-state index contributed by atoms with van der Waals surface area (Å²) >= 11 is 7.86. The highest BCUT2D eigenvalue weighted by molar-refractivity contribution is 7.98. The molecule has 0 radical (unpaired) electrons. The molecule has 2 aromatic carbocycles. The number of methoxy groups -OCH3 is 1. The Kier molecular flexibility index (Phi) is 7.83. The number of benzene rings is 2. The molecular weight excluding hydrogens is 460 g/mol. The molecule has 4 rings (SSSR count). The molecule has 2 aromatic heterocycles. The Hall–Kier alpha value is -3.07. The summed E-state index contributed by atoms with van der Waals surface area (Å²) in [5.74, 6) is 1.81. The fourth-order valence-electron chi connectivity index (χ4n) is 3.21. The third kappa shape index (κ3) is 6.04. The first-order valence-electron chi connectivity index (χ1n) is 10.3. The zero-order valence-electron chi connectivity index (χ0n) is 18.0. The lowest BCUT2D eigenvalue weighted by atomic mass is 10.2. The van der Waals surface area contributed by atoms with Crippen LogP contribution in [-0.2, 0) is 30.2 Å². The number of hydrogen-bond acceptors (Lipinski definition) is 6. The molecule has 33 heavy (non-hydrogen) atoms. The minimum absolute atomic E-state index is 0.214. The Morgan fingerprint density at radius 1 is 1.09 bits per heavy atom. The van der Waals surface area contributed by atoms with E-state index in [0.29, 0.717) is 30.5 Å². The van der Waals surface area contributed by atoms with Crippen LogP contribution in [0, 0.1) is 0 Å². The second-order valence-electron chi connectivity index (χ2n) is 7.23. The van der Waals surface area contributed by atoms with Gasteiger partial charge >= 0.3 is 0 Å². The van der Waals surface area contributed by atoms with Crippen molar-refractivity contribution in [2.24, 2.45) is 0 Å². The minimum atomic E-state index is -0.322. The highest BCUT2D eigenvalue weighted by Gasteiger charge is 2.17. The van der Waals surface area contributed by atoms with Crippen molar-refractivity contribution in [3.8, 4) is 0 Å². The zero-order valence-corrected chi connectivity index (χ0v) is 19.6. The van der Waals surface area contributed by atoms with Crippen molar-refractivity contribution in [2.75, 3.05) is 7.11 Å². The Morgan fingerprint density at radius 3 is 2.67 bits per heavy atom. The van der Waals surface area contributed by atoms with Gasteiger partial charge in [0.05, 0.1) is 13.1 Å². The number of hydrogen-bond donors (Lipinski definition) is 1.